The number of anilines is 2. The van der Waals surface area contributed by atoms with E-state index in [4.69, 9.17) is 22.1 Å². The van der Waals surface area contributed by atoms with Crippen LogP contribution in [0.1, 0.15) is 16.7 Å². The maximum atomic E-state index is 6.49. The summed E-state index contributed by atoms with van der Waals surface area (Å²) in [4.78, 5) is 10.9. The summed E-state index contributed by atoms with van der Waals surface area (Å²) in [5, 5.41) is 0.681. The molecule has 0 saturated carbocycles. The maximum Gasteiger partial charge on any atom is 0.248 e. The maximum absolute atomic E-state index is 6.49. The molecule has 0 amide bonds. The highest BCUT2D eigenvalue weighted by molar-refractivity contribution is 6.31. The third-order valence-electron chi connectivity index (χ3n) is 4.90. The largest absolute Gasteiger partial charge is 0.437 e. The molecule has 6 heteroatoms. The predicted molar refractivity (Wildman–Crippen MR) is 125 cm³/mol. The van der Waals surface area contributed by atoms with Crippen LogP contribution in [0.15, 0.2) is 85.2 Å². The smallest absolute Gasteiger partial charge is 0.248 e. The molecule has 0 unspecified atom stereocenters. The van der Waals surface area contributed by atoms with Crippen molar-refractivity contribution >= 4 is 23.1 Å². The second-order valence-corrected chi connectivity index (χ2v) is 7.66. The Balaban J connectivity index is 1.66. The van der Waals surface area contributed by atoms with Gasteiger partial charge in [-0.1, -0.05) is 72.3 Å². The van der Waals surface area contributed by atoms with E-state index >= 15 is 0 Å². The summed E-state index contributed by atoms with van der Waals surface area (Å²) in [5.41, 5.74) is 10.1. The molecular weight excluding hydrogens is 408 g/mol. The van der Waals surface area contributed by atoms with Crippen LogP contribution >= 0.6 is 11.6 Å². The second kappa shape index (κ2) is 9.49. The molecule has 0 radical (unpaired) electrons. The third-order valence-corrected chi connectivity index (χ3v) is 5.33. The van der Waals surface area contributed by atoms with Gasteiger partial charge in [0, 0.05) is 18.1 Å². The van der Waals surface area contributed by atoms with E-state index in [1.54, 1.807) is 12.1 Å². The molecule has 4 aromatic rings. The number of halogens is 1. The van der Waals surface area contributed by atoms with Gasteiger partial charge in [-0.3, -0.25) is 0 Å². The van der Waals surface area contributed by atoms with Crippen molar-refractivity contribution < 1.29 is 4.74 Å². The Morgan fingerprint density at radius 2 is 1.48 bits per heavy atom. The normalized spacial score (nSPS) is 10.6. The Bertz CT molecular complexity index is 1110. The van der Waals surface area contributed by atoms with E-state index < -0.39 is 0 Å². The molecule has 0 spiro atoms. The molecule has 156 valence electrons. The van der Waals surface area contributed by atoms with Gasteiger partial charge in [0.1, 0.15) is 17.8 Å². The summed E-state index contributed by atoms with van der Waals surface area (Å²) in [6.45, 7) is 3.22. The topological polar surface area (TPSA) is 64.3 Å². The van der Waals surface area contributed by atoms with E-state index in [-0.39, 0.29) is 0 Å². The van der Waals surface area contributed by atoms with Gasteiger partial charge in [0.05, 0.1) is 0 Å². The second-order valence-electron chi connectivity index (χ2n) is 7.26. The minimum absolute atomic E-state index is 0.317. The molecule has 0 aliphatic rings. The summed E-state index contributed by atoms with van der Waals surface area (Å²) >= 11 is 6.12. The minimum atomic E-state index is 0.317. The number of rotatable bonds is 7. The zero-order chi connectivity index (χ0) is 21.6. The van der Waals surface area contributed by atoms with Crippen molar-refractivity contribution in [1.82, 2.24) is 9.97 Å². The standard InChI is InChI=1S/C25H23ClN4O/c1-18-14-21(12-13-22(18)26)31-25-23(27)24(28-17-29-25)30(15-19-8-4-2-5-9-19)16-20-10-6-3-7-11-20/h2-14,17H,15-16,27H2,1H3. The zero-order valence-electron chi connectivity index (χ0n) is 17.2. The number of ether oxygens (including phenoxy) is 1. The van der Waals surface area contributed by atoms with Crippen molar-refractivity contribution in [2.45, 2.75) is 20.0 Å². The molecule has 5 nitrogen and oxygen atoms in total. The first-order valence-electron chi connectivity index (χ1n) is 9.97. The zero-order valence-corrected chi connectivity index (χ0v) is 18.0. The molecule has 3 aromatic carbocycles. The molecule has 4 rings (SSSR count). The fourth-order valence-electron chi connectivity index (χ4n) is 3.31. The summed E-state index contributed by atoms with van der Waals surface area (Å²) in [7, 11) is 0. The lowest BCUT2D eigenvalue weighted by Gasteiger charge is -2.25. The Morgan fingerprint density at radius 3 is 2.06 bits per heavy atom. The van der Waals surface area contributed by atoms with Crippen LogP contribution in [0.2, 0.25) is 5.02 Å². The van der Waals surface area contributed by atoms with E-state index in [2.05, 4.69) is 39.1 Å². The van der Waals surface area contributed by atoms with Gasteiger partial charge in [-0.15, -0.1) is 0 Å². The quantitative estimate of drug-likeness (QED) is 0.388. The first-order chi connectivity index (χ1) is 15.1. The highest BCUT2D eigenvalue weighted by Gasteiger charge is 2.18. The van der Waals surface area contributed by atoms with Crippen LogP contribution in [0.3, 0.4) is 0 Å². The molecule has 31 heavy (non-hydrogen) atoms. The van der Waals surface area contributed by atoms with Gasteiger partial charge in [-0.05, 0) is 41.8 Å². The molecule has 0 bridgehead atoms. The molecule has 1 heterocycles. The molecule has 0 aliphatic heterocycles. The summed E-state index contributed by atoms with van der Waals surface area (Å²) in [6.07, 6.45) is 1.48. The number of nitrogens with zero attached hydrogens (tertiary/aromatic N) is 3. The van der Waals surface area contributed by atoms with Gasteiger partial charge >= 0.3 is 0 Å². The van der Waals surface area contributed by atoms with Gasteiger partial charge < -0.3 is 15.4 Å². The predicted octanol–water partition coefficient (Wildman–Crippen LogP) is 6.02. The van der Waals surface area contributed by atoms with Crippen LogP contribution in [0.5, 0.6) is 11.6 Å². The van der Waals surface area contributed by atoms with Crippen molar-refractivity contribution in [2.24, 2.45) is 0 Å². The van der Waals surface area contributed by atoms with Crippen molar-refractivity contribution in [3.63, 3.8) is 0 Å². The summed E-state index contributed by atoms with van der Waals surface area (Å²) in [5.74, 6) is 1.57. The van der Waals surface area contributed by atoms with E-state index in [1.807, 2.05) is 49.4 Å². The number of benzene rings is 3. The van der Waals surface area contributed by atoms with Crippen molar-refractivity contribution in [3.05, 3.63) is 107 Å². The number of hydrogen-bond acceptors (Lipinski definition) is 5. The molecule has 0 atom stereocenters. The Kier molecular flexibility index (Phi) is 6.34. The molecule has 0 saturated heterocycles. The Hall–Kier alpha value is -3.57. The lowest BCUT2D eigenvalue weighted by Crippen LogP contribution is -2.24. The lowest BCUT2D eigenvalue weighted by molar-refractivity contribution is 0.463. The fraction of sp³-hybridized carbons (Fsp3) is 0.120. The fourth-order valence-corrected chi connectivity index (χ4v) is 3.43. The van der Waals surface area contributed by atoms with Crippen LogP contribution < -0.4 is 15.4 Å². The van der Waals surface area contributed by atoms with E-state index in [1.165, 1.54) is 6.33 Å². The first kappa shape index (κ1) is 20.7. The van der Waals surface area contributed by atoms with Crippen LogP contribution in [0.25, 0.3) is 0 Å². The lowest BCUT2D eigenvalue weighted by atomic mass is 10.1. The van der Waals surface area contributed by atoms with Crippen LogP contribution in [0, 0.1) is 6.92 Å². The van der Waals surface area contributed by atoms with Gasteiger partial charge in [0.2, 0.25) is 5.88 Å². The van der Waals surface area contributed by atoms with Gasteiger partial charge in [-0.2, -0.15) is 4.98 Å². The third kappa shape index (κ3) is 5.13. The Morgan fingerprint density at radius 1 is 0.871 bits per heavy atom. The average molecular weight is 431 g/mol. The van der Waals surface area contributed by atoms with Crippen LogP contribution in [0.4, 0.5) is 11.5 Å². The van der Waals surface area contributed by atoms with Crippen LogP contribution in [-0.2, 0) is 13.1 Å². The van der Waals surface area contributed by atoms with Gasteiger partial charge in [0.25, 0.3) is 0 Å². The molecular formula is C25H23ClN4O. The van der Waals surface area contributed by atoms with E-state index in [9.17, 15) is 0 Å². The van der Waals surface area contributed by atoms with Crippen LogP contribution in [-0.4, -0.2) is 9.97 Å². The average Bonchev–Trinajstić information content (AvgIpc) is 2.79. The number of hydrogen-bond donors (Lipinski definition) is 1. The Labute approximate surface area is 187 Å². The van der Waals surface area contributed by atoms with Gasteiger partial charge in [0.15, 0.2) is 5.82 Å². The molecule has 1 aromatic heterocycles. The molecule has 0 aliphatic carbocycles. The molecule has 2 N–H and O–H groups in total. The van der Waals surface area contributed by atoms with Crippen molar-refractivity contribution in [2.75, 3.05) is 10.6 Å². The summed E-state index contributed by atoms with van der Waals surface area (Å²) < 4.78 is 5.97. The number of aromatic nitrogens is 2. The number of nitrogen functional groups attached to an aromatic ring is 1. The molecule has 0 fully saturated rings. The van der Waals surface area contributed by atoms with Crippen molar-refractivity contribution in [1.29, 1.82) is 0 Å². The summed E-state index contributed by atoms with van der Waals surface area (Å²) in [6, 6.07) is 25.9. The monoisotopic (exact) mass is 430 g/mol. The SMILES string of the molecule is Cc1cc(Oc2ncnc(N(Cc3ccccc3)Cc3ccccc3)c2N)ccc1Cl. The minimum Gasteiger partial charge on any atom is -0.437 e. The number of aryl methyl sites for hydroxylation is 1. The highest BCUT2D eigenvalue weighted by atomic mass is 35.5. The number of nitrogens with two attached hydrogens (primary N) is 1. The first-order valence-corrected chi connectivity index (χ1v) is 10.4. The van der Waals surface area contributed by atoms with Crippen molar-refractivity contribution in [3.8, 4) is 11.6 Å². The van der Waals surface area contributed by atoms with E-state index in [0.29, 0.717) is 41.2 Å². The van der Waals surface area contributed by atoms with Gasteiger partial charge in [-0.25, -0.2) is 4.98 Å². The highest BCUT2D eigenvalue weighted by Crippen LogP contribution is 2.34. The van der Waals surface area contributed by atoms with E-state index in [0.717, 1.165) is 16.7 Å².